The lowest BCUT2D eigenvalue weighted by Gasteiger charge is -2.16. The van der Waals surface area contributed by atoms with Gasteiger partial charge in [-0.2, -0.15) is 0 Å². The fourth-order valence-electron chi connectivity index (χ4n) is 1.49. The molecule has 2 atom stereocenters. The summed E-state index contributed by atoms with van der Waals surface area (Å²) in [5, 5.41) is 14.1. The Morgan fingerprint density at radius 2 is 1.20 bits per heavy atom. The van der Waals surface area contributed by atoms with Gasteiger partial charge in [-0.3, -0.25) is 9.59 Å². The van der Waals surface area contributed by atoms with Crippen molar-refractivity contribution >= 4 is 46.7 Å². The third-order valence-corrected chi connectivity index (χ3v) is 7.01. The number of hydrogen-bond acceptors (Lipinski definition) is 7. The highest BCUT2D eigenvalue weighted by Crippen LogP contribution is 2.28. The molecule has 6 nitrogen and oxygen atoms in total. The van der Waals surface area contributed by atoms with Gasteiger partial charge in [-0.15, -0.1) is 10.2 Å². The van der Waals surface area contributed by atoms with Crippen molar-refractivity contribution in [2.24, 2.45) is 11.8 Å². The minimum Gasteiger partial charge on any atom is -0.353 e. The standard InChI is InChI=1S/C16H28N4O2S3/c1-9(2)11(5)17-13(21)7-23-15-19-20-16(25-15)24-8-14(22)18-12(6)10(3)4/h9-12H,7-8H2,1-6H3,(H,17,21)(H,18,22)/t11-,12-/m1/s1. The van der Waals surface area contributed by atoms with Crippen LogP contribution in [0.5, 0.6) is 0 Å². The monoisotopic (exact) mass is 404 g/mol. The average molecular weight is 405 g/mol. The van der Waals surface area contributed by atoms with Crippen LogP contribution in [0.4, 0.5) is 0 Å². The third kappa shape index (κ3) is 8.91. The van der Waals surface area contributed by atoms with Gasteiger partial charge in [0.15, 0.2) is 8.68 Å². The van der Waals surface area contributed by atoms with Crippen molar-refractivity contribution in [3.63, 3.8) is 0 Å². The quantitative estimate of drug-likeness (QED) is 0.583. The van der Waals surface area contributed by atoms with E-state index in [2.05, 4.69) is 48.5 Å². The number of aromatic nitrogens is 2. The van der Waals surface area contributed by atoms with E-state index in [9.17, 15) is 9.59 Å². The molecule has 25 heavy (non-hydrogen) atoms. The summed E-state index contributed by atoms with van der Waals surface area (Å²) in [6, 6.07) is 0.306. The van der Waals surface area contributed by atoms with Gasteiger partial charge in [0, 0.05) is 12.1 Å². The summed E-state index contributed by atoms with van der Waals surface area (Å²) in [5.74, 6) is 1.45. The predicted molar refractivity (Wildman–Crippen MR) is 106 cm³/mol. The molecule has 0 aromatic carbocycles. The van der Waals surface area contributed by atoms with Gasteiger partial charge in [-0.1, -0.05) is 62.6 Å². The number of rotatable bonds is 10. The molecule has 2 N–H and O–H groups in total. The van der Waals surface area contributed by atoms with Crippen molar-refractivity contribution in [2.75, 3.05) is 11.5 Å². The molecule has 9 heteroatoms. The van der Waals surface area contributed by atoms with Gasteiger partial charge in [0.05, 0.1) is 11.5 Å². The molecule has 142 valence electrons. The van der Waals surface area contributed by atoms with Crippen LogP contribution in [0.2, 0.25) is 0 Å². The zero-order valence-electron chi connectivity index (χ0n) is 15.7. The fourth-order valence-corrected chi connectivity index (χ4v) is 4.14. The maximum Gasteiger partial charge on any atom is 0.230 e. The highest BCUT2D eigenvalue weighted by Gasteiger charge is 2.14. The lowest BCUT2D eigenvalue weighted by molar-refractivity contribution is -0.120. The Kier molecular flexibility index (Phi) is 9.81. The topological polar surface area (TPSA) is 84.0 Å². The van der Waals surface area contributed by atoms with E-state index in [0.29, 0.717) is 23.3 Å². The summed E-state index contributed by atoms with van der Waals surface area (Å²) >= 11 is 4.15. The van der Waals surface area contributed by atoms with E-state index >= 15 is 0 Å². The highest BCUT2D eigenvalue weighted by atomic mass is 32.2. The molecule has 0 saturated heterocycles. The van der Waals surface area contributed by atoms with Crippen molar-refractivity contribution in [3.05, 3.63) is 0 Å². The van der Waals surface area contributed by atoms with Gasteiger partial charge >= 0.3 is 0 Å². The first-order valence-corrected chi connectivity index (χ1v) is 11.2. The molecule has 1 heterocycles. The van der Waals surface area contributed by atoms with Crippen LogP contribution in [-0.4, -0.2) is 45.6 Å². The van der Waals surface area contributed by atoms with Crippen LogP contribution in [0.3, 0.4) is 0 Å². The van der Waals surface area contributed by atoms with E-state index in [1.54, 1.807) is 0 Å². The number of thioether (sulfide) groups is 2. The maximum atomic E-state index is 11.9. The summed E-state index contributed by atoms with van der Waals surface area (Å²) in [6.45, 7) is 12.3. The van der Waals surface area contributed by atoms with Crippen LogP contribution in [0.25, 0.3) is 0 Å². The first-order valence-electron chi connectivity index (χ1n) is 8.36. The first-order chi connectivity index (χ1) is 11.7. The number of nitrogens with zero attached hydrogens (tertiary/aromatic N) is 2. The van der Waals surface area contributed by atoms with E-state index in [1.165, 1.54) is 34.9 Å². The van der Waals surface area contributed by atoms with Gasteiger partial charge in [-0.25, -0.2) is 0 Å². The molecule has 0 spiro atoms. The van der Waals surface area contributed by atoms with Gasteiger partial charge in [0.25, 0.3) is 0 Å². The smallest absolute Gasteiger partial charge is 0.230 e. The van der Waals surface area contributed by atoms with Crippen LogP contribution < -0.4 is 10.6 Å². The Morgan fingerprint density at radius 3 is 1.52 bits per heavy atom. The molecule has 1 rings (SSSR count). The predicted octanol–water partition coefficient (Wildman–Crippen LogP) is 3.04. The molecule has 0 saturated carbocycles. The van der Waals surface area contributed by atoms with Crippen LogP contribution in [-0.2, 0) is 9.59 Å². The molecule has 2 amide bonds. The van der Waals surface area contributed by atoms with Crippen molar-refractivity contribution in [3.8, 4) is 0 Å². The van der Waals surface area contributed by atoms with E-state index in [-0.39, 0.29) is 23.9 Å². The van der Waals surface area contributed by atoms with Crippen molar-refractivity contribution in [1.82, 2.24) is 20.8 Å². The summed E-state index contributed by atoms with van der Waals surface area (Å²) in [5.41, 5.74) is 0. The molecule has 0 fully saturated rings. The molecule has 0 aliphatic carbocycles. The zero-order chi connectivity index (χ0) is 19.0. The summed E-state index contributed by atoms with van der Waals surface area (Å²) < 4.78 is 1.48. The van der Waals surface area contributed by atoms with Crippen LogP contribution in [0, 0.1) is 11.8 Å². The van der Waals surface area contributed by atoms with Gasteiger partial charge in [-0.05, 0) is 25.7 Å². The summed E-state index contributed by atoms with van der Waals surface area (Å²) in [6.07, 6.45) is 0. The van der Waals surface area contributed by atoms with Crippen molar-refractivity contribution in [1.29, 1.82) is 0 Å². The van der Waals surface area contributed by atoms with Crippen molar-refractivity contribution in [2.45, 2.75) is 62.3 Å². The lowest BCUT2D eigenvalue weighted by atomic mass is 10.1. The molecular formula is C16H28N4O2S3. The number of hydrogen-bond donors (Lipinski definition) is 2. The number of amides is 2. The van der Waals surface area contributed by atoms with Crippen molar-refractivity contribution < 1.29 is 9.59 Å². The molecule has 0 bridgehead atoms. The Hall–Kier alpha value is -0.800. The minimum absolute atomic E-state index is 0.00217. The van der Waals surface area contributed by atoms with Crippen LogP contribution in [0.1, 0.15) is 41.5 Å². The Morgan fingerprint density at radius 1 is 0.840 bits per heavy atom. The third-order valence-electron chi connectivity index (χ3n) is 3.82. The van der Waals surface area contributed by atoms with Crippen LogP contribution >= 0.6 is 34.9 Å². The normalized spacial score (nSPS) is 13.8. The SMILES string of the molecule is CC(C)[C@@H](C)NC(=O)CSc1nnc(SCC(=O)N[C@H](C)C(C)C)s1. The van der Waals surface area contributed by atoms with Gasteiger partial charge < -0.3 is 10.6 Å². The first kappa shape index (κ1) is 22.2. The highest BCUT2D eigenvalue weighted by molar-refractivity contribution is 8.03. The summed E-state index contributed by atoms with van der Waals surface area (Å²) in [4.78, 5) is 23.8. The summed E-state index contributed by atoms with van der Waals surface area (Å²) in [7, 11) is 0. The molecule has 0 radical (unpaired) electrons. The van der Waals surface area contributed by atoms with E-state index in [0.717, 1.165) is 8.68 Å². The molecule has 1 aromatic rings. The minimum atomic E-state index is -0.00217. The average Bonchev–Trinajstić information content (AvgIpc) is 2.98. The molecule has 1 aromatic heterocycles. The Labute approximate surface area is 162 Å². The van der Waals surface area contributed by atoms with Crippen LogP contribution in [0.15, 0.2) is 8.68 Å². The van der Waals surface area contributed by atoms with E-state index < -0.39 is 0 Å². The largest absolute Gasteiger partial charge is 0.353 e. The second-order valence-electron chi connectivity index (χ2n) is 6.61. The molecule has 0 aliphatic heterocycles. The lowest BCUT2D eigenvalue weighted by Crippen LogP contribution is -2.37. The maximum absolute atomic E-state index is 11.9. The fraction of sp³-hybridized carbons (Fsp3) is 0.750. The second kappa shape index (κ2) is 11.0. The number of carbonyl (C=O) groups excluding carboxylic acids is 2. The number of carbonyl (C=O) groups is 2. The Bertz CT molecular complexity index is 517. The van der Waals surface area contributed by atoms with Gasteiger partial charge in [0.1, 0.15) is 0 Å². The zero-order valence-corrected chi connectivity index (χ0v) is 18.1. The molecule has 0 aliphatic rings. The molecule has 0 unspecified atom stereocenters. The van der Waals surface area contributed by atoms with E-state index in [1.807, 2.05) is 13.8 Å². The van der Waals surface area contributed by atoms with Gasteiger partial charge in [0.2, 0.25) is 11.8 Å². The molecular weight excluding hydrogens is 376 g/mol. The Balaban J connectivity index is 2.34. The number of nitrogens with one attached hydrogen (secondary N) is 2. The van der Waals surface area contributed by atoms with E-state index in [4.69, 9.17) is 0 Å². The second-order valence-corrected chi connectivity index (χ2v) is 10.0.